The second-order valence-corrected chi connectivity index (χ2v) is 7.74. The summed E-state index contributed by atoms with van der Waals surface area (Å²) in [5.41, 5.74) is 3.15. The van der Waals surface area contributed by atoms with Gasteiger partial charge in [0.05, 0.1) is 10.6 Å². The van der Waals surface area contributed by atoms with Gasteiger partial charge in [-0.25, -0.2) is 0 Å². The van der Waals surface area contributed by atoms with Gasteiger partial charge in [0.1, 0.15) is 0 Å². The Kier molecular flexibility index (Phi) is 4.94. The van der Waals surface area contributed by atoms with Gasteiger partial charge in [0.25, 0.3) is 5.91 Å². The van der Waals surface area contributed by atoms with Crippen LogP contribution in [0, 0.1) is 13.8 Å². The minimum Gasteiger partial charge on any atom is -0.352 e. The SMILES string of the molecule is Cc1ccc(C=C2SC(N3CCN(c4ccc(C)nn4)CC3)=NC2=O)cc1. The molecule has 0 spiro atoms. The molecule has 7 heteroatoms. The molecule has 6 nitrogen and oxygen atoms in total. The number of benzene rings is 1. The summed E-state index contributed by atoms with van der Waals surface area (Å²) in [5.74, 6) is 0.750. The summed E-state index contributed by atoms with van der Waals surface area (Å²) >= 11 is 1.46. The second kappa shape index (κ2) is 7.52. The molecule has 1 aromatic heterocycles. The molecular weight excluding hydrogens is 358 g/mol. The number of rotatable bonds is 2. The molecular formula is C20H21N5OS. The lowest BCUT2D eigenvalue weighted by Gasteiger charge is -2.35. The first-order valence-corrected chi connectivity index (χ1v) is 9.79. The van der Waals surface area contributed by atoms with Gasteiger partial charge in [0.2, 0.25) is 0 Å². The zero-order valence-electron chi connectivity index (χ0n) is 15.4. The first-order chi connectivity index (χ1) is 13.1. The van der Waals surface area contributed by atoms with E-state index >= 15 is 0 Å². The standard InChI is InChI=1S/C20H21N5OS/c1-14-3-6-16(7-4-14)13-17-19(26)21-20(27-17)25-11-9-24(10-12-25)18-8-5-15(2)22-23-18/h3-8,13H,9-12H2,1-2H3. The molecule has 1 amide bonds. The van der Waals surface area contributed by atoms with E-state index in [-0.39, 0.29) is 5.91 Å². The van der Waals surface area contributed by atoms with Gasteiger partial charge < -0.3 is 9.80 Å². The van der Waals surface area contributed by atoms with Gasteiger partial charge in [-0.3, -0.25) is 4.79 Å². The van der Waals surface area contributed by atoms with Gasteiger partial charge in [0.15, 0.2) is 11.0 Å². The van der Waals surface area contributed by atoms with E-state index in [9.17, 15) is 4.79 Å². The molecule has 2 aliphatic heterocycles. The lowest BCUT2D eigenvalue weighted by atomic mass is 10.1. The Morgan fingerprint density at radius 1 is 0.926 bits per heavy atom. The van der Waals surface area contributed by atoms with Crippen LogP contribution in [0.25, 0.3) is 6.08 Å². The summed E-state index contributed by atoms with van der Waals surface area (Å²) in [5, 5.41) is 9.19. The van der Waals surface area contributed by atoms with Crippen LogP contribution in [0.4, 0.5) is 5.82 Å². The van der Waals surface area contributed by atoms with Gasteiger partial charge in [-0.2, -0.15) is 10.1 Å². The number of hydrogen-bond acceptors (Lipinski definition) is 6. The highest BCUT2D eigenvalue weighted by Crippen LogP contribution is 2.31. The fourth-order valence-electron chi connectivity index (χ4n) is 3.03. The van der Waals surface area contributed by atoms with Crippen LogP contribution in [0.1, 0.15) is 16.8 Å². The fourth-order valence-corrected chi connectivity index (χ4v) is 4.00. The summed E-state index contributed by atoms with van der Waals surface area (Å²) in [6.45, 7) is 7.28. The molecule has 1 aromatic carbocycles. The third kappa shape index (κ3) is 4.03. The van der Waals surface area contributed by atoms with Gasteiger partial charge in [-0.15, -0.1) is 5.10 Å². The van der Waals surface area contributed by atoms with Crippen molar-refractivity contribution in [3.05, 3.63) is 58.1 Å². The zero-order valence-corrected chi connectivity index (χ0v) is 16.2. The summed E-state index contributed by atoms with van der Waals surface area (Å²) in [6.07, 6.45) is 1.92. The van der Waals surface area contributed by atoms with Crippen molar-refractivity contribution >= 4 is 34.7 Å². The molecule has 0 unspecified atom stereocenters. The third-order valence-electron chi connectivity index (χ3n) is 4.64. The van der Waals surface area contributed by atoms with Crippen LogP contribution in [-0.2, 0) is 4.79 Å². The number of thioether (sulfide) groups is 1. The van der Waals surface area contributed by atoms with Crippen LogP contribution < -0.4 is 4.90 Å². The van der Waals surface area contributed by atoms with Crippen LogP contribution in [0.5, 0.6) is 0 Å². The lowest BCUT2D eigenvalue weighted by Crippen LogP contribution is -2.48. The minimum atomic E-state index is -0.151. The van der Waals surface area contributed by atoms with Gasteiger partial charge in [0, 0.05) is 26.2 Å². The number of aliphatic imine (C=N–C) groups is 1. The predicted molar refractivity (Wildman–Crippen MR) is 110 cm³/mol. The van der Waals surface area contributed by atoms with Crippen molar-refractivity contribution in [2.75, 3.05) is 31.1 Å². The molecule has 1 saturated heterocycles. The number of aryl methyl sites for hydroxylation is 2. The molecule has 0 aliphatic carbocycles. The number of amides is 1. The van der Waals surface area contributed by atoms with E-state index in [1.165, 1.54) is 17.3 Å². The van der Waals surface area contributed by atoms with Crippen molar-refractivity contribution in [2.45, 2.75) is 13.8 Å². The molecule has 138 valence electrons. The molecule has 0 radical (unpaired) electrons. The Balaban J connectivity index is 1.39. The molecule has 0 atom stereocenters. The number of carbonyl (C=O) groups is 1. The normalized spacial score (nSPS) is 19.0. The second-order valence-electron chi connectivity index (χ2n) is 6.73. The fraction of sp³-hybridized carbons (Fsp3) is 0.300. The van der Waals surface area contributed by atoms with E-state index in [4.69, 9.17) is 0 Å². The van der Waals surface area contributed by atoms with Crippen molar-refractivity contribution in [1.29, 1.82) is 0 Å². The number of carbonyl (C=O) groups excluding carboxylic acids is 1. The summed E-state index contributed by atoms with van der Waals surface area (Å²) < 4.78 is 0. The summed E-state index contributed by atoms with van der Waals surface area (Å²) in [4.78, 5) is 21.6. The molecule has 3 heterocycles. The first-order valence-electron chi connectivity index (χ1n) is 8.98. The maximum absolute atomic E-state index is 12.3. The monoisotopic (exact) mass is 379 g/mol. The van der Waals surface area contributed by atoms with Crippen molar-refractivity contribution in [1.82, 2.24) is 15.1 Å². The lowest BCUT2D eigenvalue weighted by molar-refractivity contribution is -0.113. The van der Waals surface area contributed by atoms with Crippen molar-refractivity contribution in [3.63, 3.8) is 0 Å². The molecule has 0 bridgehead atoms. The van der Waals surface area contributed by atoms with E-state index in [0.717, 1.165) is 48.4 Å². The molecule has 0 saturated carbocycles. The van der Waals surface area contributed by atoms with E-state index in [1.54, 1.807) is 0 Å². The van der Waals surface area contributed by atoms with E-state index < -0.39 is 0 Å². The minimum absolute atomic E-state index is 0.151. The van der Waals surface area contributed by atoms with Crippen LogP contribution in [0.2, 0.25) is 0 Å². The average molecular weight is 379 g/mol. The van der Waals surface area contributed by atoms with Gasteiger partial charge in [-0.05, 0) is 49.4 Å². The maximum Gasteiger partial charge on any atom is 0.286 e. The van der Waals surface area contributed by atoms with Gasteiger partial charge in [-0.1, -0.05) is 29.8 Å². The van der Waals surface area contributed by atoms with Crippen LogP contribution in [0.15, 0.2) is 46.3 Å². The highest BCUT2D eigenvalue weighted by Gasteiger charge is 2.28. The number of hydrogen-bond donors (Lipinski definition) is 0. The topological polar surface area (TPSA) is 61.7 Å². The van der Waals surface area contributed by atoms with Crippen LogP contribution in [-0.4, -0.2) is 52.4 Å². The summed E-state index contributed by atoms with van der Waals surface area (Å²) in [7, 11) is 0. The molecule has 1 fully saturated rings. The van der Waals surface area contributed by atoms with E-state index in [0.29, 0.717) is 4.91 Å². The highest BCUT2D eigenvalue weighted by atomic mass is 32.2. The largest absolute Gasteiger partial charge is 0.352 e. The molecule has 4 rings (SSSR count). The Morgan fingerprint density at radius 3 is 2.30 bits per heavy atom. The number of aromatic nitrogens is 2. The number of anilines is 1. The molecule has 27 heavy (non-hydrogen) atoms. The van der Waals surface area contributed by atoms with Crippen molar-refractivity contribution in [2.24, 2.45) is 4.99 Å². The Morgan fingerprint density at radius 2 is 1.63 bits per heavy atom. The molecule has 2 aliphatic rings. The average Bonchev–Trinajstić information content (AvgIpc) is 3.05. The predicted octanol–water partition coefficient (Wildman–Crippen LogP) is 2.89. The zero-order chi connectivity index (χ0) is 18.8. The highest BCUT2D eigenvalue weighted by molar-refractivity contribution is 8.18. The smallest absolute Gasteiger partial charge is 0.286 e. The maximum atomic E-state index is 12.3. The third-order valence-corrected chi connectivity index (χ3v) is 5.69. The number of amidine groups is 1. The van der Waals surface area contributed by atoms with Crippen LogP contribution >= 0.6 is 11.8 Å². The first kappa shape index (κ1) is 17.7. The van der Waals surface area contributed by atoms with Crippen LogP contribution in [0.3, 0.4) is 0 Å². The van der Waals surface area contributed by atoms with E-state index in [1.807, 2.05) is 49.4 Å². The Labute approximate surface area is 163 Å². The summed E-state index contributed by atoms with van der Waals surface area (Å²) in [6, 6.07) is 12.1. The Bertz CT molecular complexity index is 897. The number of nitrogens with zero attached hydrogens (tertiary/aromatic N) is 5. The number of piperazine rings is 1. The van der Waals surface area contributed by atoms with Gasteiger partial charge >= 0.3 is 0 Å². The van der Waals surface area contributed by atoms with Crippen molar-refractivity contribution in [3.8, 4) is 0 Å². The van der Waals surface area contributed by atoms with E-state index in [2.05, 4.69) is 31.9 Å². The molecule has 2 aromatic rings. The van der Waals surface area contributed by atoms with Crippen molar-refractivity contribution < 1.29 is 4.79 Å². The Hall–Kier alpha value is -2.67. The quantitative estimate of drug-likeness (QED) is 0.748. The molecule has 0 N–H and O–H groups in total.